The number of aromatic amines is 1. The van der Waals surface area contributed by atoms with E-state index >= 15 is 0 Å². The minimum absolute atomic E-state index is 0.337. The van der Waals surface area contributed by atoms with Crippen molar-refractivity contribution in [2.24, 2.45) is 0 Å². The van der Waals surface area contributed by atoms with E-state index in [2.05, 4.69) is 22.1 Å². The molecule has 0 aliphatic heterocycles. The number of rotatable bonds is 6. The lowest BCUT2D eigenvalue weighted by atomic mass is 9.83. The Balaban J connectivity index is 1.69. The molecule has 5 heteroatoms. The third-order valence-corrected chi connectivity index (χ3v) is 5.63. The lowest BCUT2D eigenvalue weighted by molar-refractivity contribution is 0.0353. The van der Waals surface area contributed by atoms with Crippen LogP contribution in [-0.4, -0.2) is 15.1 Å². The smallest absolute Gasteiger partial charge is 0.109 e. The zero-order valence-electron chi connectivity index (χ0n) is 15.6. The lowest BCUT2D eigenvalue weighted by Crippen LogP contribution is -2.32. The summed E-state index contributed by atoms with van der Waals surface area (Å²) in [4.78, 5) is 7.38. The van der Waals surface area contributed by atoms with Gasteiger partial charge in [0.1, 0.15) is 11.4 Å². The molecule has 1 aromatic heterocycles. The van der Waals surface area contributed by atoms with Gasteiger partial charge >= 0.3 is 0 Å². The second-order valence-corrected chi connectivity index (χ2v) is 7.94. The molecule has 0 saturated heterocycles. The first-order chi connectivity index (χ1) is 14.0. The van der Waals surface area contributed by atoms with Crippen LogP contribution in [0.25, 0.3) is 11.1 Å². The van der Waals surface area contributed by atoms with Crippen molar-refractivity contribution in [1.82, 2.24) is 9.97 Å². The second-order valence-electron chi connectivity index (χ2n) is 7.10. The fraction of sp³-hybridized carbons (Fsp3) is 0.125. The molecule has 29 heavy (non-hydrogen) atoms. The van der Waals surface area contributed by atoms with Crippen molar-refractivity contribution in [3.63, 3.8) is 0 Å². The summed E-state index contributed by atoms with van der Waals surface area (Å²) >= 11 is 12.4. The van der Waals surface area contributed by atoms with Crippen LogP contribution in [0, 0.1) is 0 Å². The average molecular weight is 423 g/mol. The maximum absolute atomic E-state index is 11.7. The monoisotopic (exact) mass is 422 g/mol. The van der Waals surface area contributed by atoms with Crippen molar-refractivity contribution < 1.29 is 5.11 Å². The van der Waals surface area contributed by atoms with Crippen molar-refractivity contribution >= 4 is 23.2 Å². The van der Waals surface area contributed by atoms with Crippen LogP contribution in [0.5, 0.6) is 0 Å². The van der Waals surface area contributed by atoms with Crippen LogP contribution < -0.4 is 0 Å². The third kappa shape index (κ3) is 4.54. The first-order valence-electron chi connectivity index (χ1n) is 9.34. The molecule has 0 spiro atoms. The predicted octanol–water partition coefficient (Wildman–Crippen LogP) is 6.06. The summed E-state index contributed by atoms with van der Waals surface area (Å²) in [6.45, 7) is 0. The van der Waals surface area contributed by atoms with Gasteiger partial charge in [0, 0.05) is 35.3 Å². The largest absolute Gasteiger partial charge is 0.384 e. The van der Waals surface area contributed by atoms with Crippen LogP contribution in [0.2, 0.25) is 10.0 Å². The van der Waals surface area contributed by atoms with E-state index in [4.69, 9.17) is 23.2 Å². The number of halogens is 2. The summed E-state index contributed by atoms with van der Waals surface area (Å²) in [6.07, 6.45) is 4.12. The highest BCUT2D eigenvalue weighted by Gasteiger charge is 2.32. The summed E-state index contributed by atoms with van der Waals surface area (Å²) in [7, 11) is 0. The third-order valence-electron chi connectivity index (χ3n) is 5.04. The zero-order valence-corrected chi connectivity index (χ0v) is 17.2. The first-order valence-corrected chi connectivity index (χ1v) is 10.1. The summed E-state index contributed by atoms with van der Waals surface area (Å²) in [5.41, 5.74) is 2.69. The van der Waals surface area contributed by atoms with E-state index in [0.29, 0.717) is 28.7 Å². The average Bonchev–Trinajstić information content (AvgIpc) is 3.24. The molecule has 146 valence electrons. The normalized spacial score (nSPS) is 13.2. The number of benzene rings is 3. The summed E-state index contributed by atoms with van der Waals surface area (Å²) in [5.74, 6) is 0.713. The minimum Gasteiger partial charge on any atom is -0.384 e. The Bertz CT molecular complexity index is 1080. The van der Waals surface area contributed by atoms with Gasteiger partial charge in [-0.05, 0) is 34.4 Å². The summed E-state index contributed by atoms with van der Waals surface area (Å²) < 4.78 is 0. The van der Waals surface area contributed by atoms with Gasteiger partial charge in [-0.1, -0.05) is 83.9 Å². The van der Waals surface area contributed by atoms with Crippen molar-refractivity contribution in [3.05, 3.63) is 112 Å². The van der Waals surface area contributed by atoms with E-state index in [0.717, 1.165) is 22.3 Å². The van der Waals surface area contributed by atoms with Crippen LogP contribution in [0.4, 0.5) is 0 Å². The molecule has 0 saturated carbocycles. The maximum Gasteiger partial charge on any atom is 0.109 e. The molecule has 1 unspecified atom stereocenters. The van der Waals surface area contributed by atoms with Crippen LogP contribution >= 0.6 is 23.2 Å². The number of aromatic nitrogens is 2. The first kappa shape index (κ1) is 19.7. The number of nitrogens with zero attached hydrogens (tertiary/aromatic N) is 1. The molecule has 1 heterocycles. The minimum atomic E-state index is -1.18. The SMILES string of the molecule is OC(Cc1ncc[nH]1)(Cc1ccc(Cl)cc1Cl)c1ccc(-c2ccccc2)cc1. The van der Waals surface area contributed by atoms with Gasteiger partial charge in [0.05, 0.1) is 0 Å². The standard InChI is InChI=1S/C24H20Cl2N2O/c25-21-11-8-19(22(26)14-21)15-24(29,16-23-27-12-13-28-23)20-9-6-18(7-10-20)17-4-2-1-3-5-17/h1-14,29H,15-16H2,(H,27,28). The molecule has 3 aromatic carbocycles. The van der Waals surface area contributed by atoms with Gasteiger partial charge in [0.25, 0.3) is 0 Å². The van der Waals surface area contributed by atoms with E-state index in [-0.39, 0.29) is 0 Å². The van der Waals surface area contributed by atoms with Crippen LogP contribution in [0.15, 0.2) is 85.2 Å². The zero-order chi connectivity index (χ0) is 20.3. The highest BCUT2D eigenvalue weighted by molar-refractivity contribution is 6.35. The Labute approximate surface area is 180 Å². The van der Waals surface area contributed by atoms with Gasteiger partial charge in [-0.15, -0.1) is 0 Å². The molecule has 4 rings (SSSR count). The fourth-order valence-electron chi connectivity index (χ4n) is 3.52. The maximum atomic E-state index is 11.7. The van der Waals surface area contributed by atoms with E-state index in [1.807, 2.05) is 48.5 Å². The van der Waals surface area contributed by atoms with Crippen molar-refractivity contribution in [2.75, 3.05) is 0 Å². The topological polar surface area (TPSA) is 48.9 Å². The van der Waals surface area contributed by atoms with Crippen molar-refractivity contribution in [1.29, 1.82) is 0 Å². The van der Waals surface area contributed by atoms with Gasteiger partial charge < -0.3 is 10.1 Å². The molecule has 0 aliphatic carbocycles. The Hall–Kier alpha value is -2.59. The van der Waals surface area contributed by atoms with E-state index in [9.17, 15) is 5.11 Å². The molecular formula is C24H20Cl2N2O. The molecule has 0 aliphatic rings. The second kappa shape index (κ2) is 8.42. The molecule has 3 nitrogen and oxygen atoms in total. The summed E-state index contributed by atoms with van der Waals surface area (Å²) in [5, 5.41) is 12.8. The van der Waals surface area contributed by atoms with Crippen LogP contribution in [-0.2, 0) is 18.4 Å². The molecule has 0 amide bonds. The van der Waals surface area contributed by atoms with Crippen LogP contribution in [0.1, 0.15) is 17.0 Å². The van der Waals surface area contributed by atoms with Crippen LogP contribution in [0.3, 0.4) is 0 Å². The number of aliphatic hydroxyl groups is 1. The molecule has 0 radical (unpaired) electrons. The lowest BCUT2D eigenvalue weighted by Gasteiger charge is -2.29. The number of hydrogen-bond donors (Lipinski definition) is 2. The van der Waals surface area contributed by atoms with Crippen molar-refractivity contribution in [3.8, 4) is 11.1 Å². The molecule has 2 N–H and O–H groups in total. The highest BCUT2D eigenvalue weighted by atomic mass is 35.5. The number of H-pyrrole nitrogens is 1. The van der Waals surface area contributed by atoms with Gasteiger partial charge in [-0.25, -0.2) is 4.98 Å². The fourth-order valence-corrected chi connectivity index (χ4v) is 4.00. The predicted molar refractivity (Wildman–Crippen MR) is 118 cm³/mol. The van der Waals surface area contributed by atoms with E-state index in [1.54, 1.807) is 24.5 Å². The number of imidazole rings is 1. The highest BCUT2D eigenvalue weighted by Crippen LogP contribution is 2.34. The molecule has 4 aromatic rings. The Morgan fingerprint density at radius 1 is 0.862 bits per heavy atom. The number of hydrogen-bond acceptors (Lipinski definition) is 2. The van der Waals surface area contributed by atoms with Gasteiger partial charge in [-0.2, -0.15) is 0 Å². The van der Waals surface area contributed by atoms with Gasteiger partial charge in [0.15, 0.2) is 0 Å². The summed E-state index contributed by atoms with van der Waals surface area (Å²) in [6, 6.07) is 23.5. The molecular weight excluding hydrogens is 403 g/mol. The molecule has 0 fully saturated rings. The van der Waals surface area contributed by atoms with Gasteiger partial charge in [0.2, 0.25) is 0 Å². The van der Waals surface area contributed by atoms with E-state index < -0.39 is 5.60 Å². The van der Waals surface area contributed by atoms with E-state index in [1.165, 1.54) is 0 Å². The Kier molecular flexibility index (Phi) is 5.72. The quantitative estimate of drug-likeness (QED) is 0.396. The van der Waals surface area contributed by atoms with Gasteiger partial charge in [-0.3, -0.25) is 0 Å². The van der Waals surface area contributed by atoms with Crippen molar-refractivity contribution in [2.45, 2.75) is 18.4 Å². The Morgan fingerprint density at radius 3 is 2.24 bits per heavy atom. The number of nitrogens with one attached hydrogen (secondary N) is 1. The molecule has 1 atom stereocenters. The molecule has 0 bridgehead atoms. The Morgan fingerprint density at radius 2 is 1.59 bits per heavy atom.